The Bertz CT molecular complexity index is 1130. The van der Waals surface area contributed by atoms with Gasteiger partial charge in [0.2, 0.25) is 5.91 Å². The van der Waals surface area contributed by atoms with Crippen molar-refractivity contribution in [3.05, 3.63) is 82.2 Å². The molecule has 0 aliphatic heterocycles. The minimum Gasteiger partial charge on any atom is -0.497 e. The lowest BCUT2D eigenvalue weighted by molar-refractivity contribution is -0.132. The number of nitrogens with zero attached hydrogens (tertiary/aromatic N) is 1. The third-order valence-electron chi connectivity index (χ3n) is 6.09. The monoisotopic (exact) mass is 478 g/mol. The van der Waals surface area contributed by atoms with Crippen molar-refractivity contribution in [2.75, 3.05) is 20.8 Å². The number of esters is 1. The molecule has 3 rings (SSSR count). The maximum Gasteiger partial charge on any atom is 0.355 e. The lowest BCUT2D eigenvalue weighted by Crippen LogP contribution is -2.30. The molecule has 7 heteroatoms. The Morgan fingerprint density at radius 2 is 1.43 bits per heavy atom. The Morgan fingerprint density at radius 1 is 0.857 bits per heavy atom. The molecule has 0 spiro atoms. The van der Waals surface area contributed by atoms with Gasteiger partial charge >= 0.3 is 5.97 Å². The van der Waals surface area contributed by atoms with Gasteiger partial charge in [-0.3, -0.25) is 4.79 Å². The summed E-state index contributed by atoms with van der Waals surface area (Å²) >= 11 is 0. The van der Waals surface area contributed by atoms with Crippen LogP contribution in [0.4, 0.5) is 0 Å². The van der Waals surface area contributed by atoms with Crippen LogP contribution in [-0.4, -0.2) is 42.6 Å². The highest BCUT2D eigenvalue weighted by Crippen LogP contribution is 2.23. The number of H-pyrrole nitrogens is 1. The molecular weight excluding hydrogens is 444 g/mol. The number of hydrogen-bond donors (Lipinski definition) is 1. The van der Waals surface area contributed by atoms with Gasteiger partial charge < -0.3 is 24.1 Å². The van der Waals surface area contributed by atoms with E-state index in [0.29, 0.717) is 38.2 Å². The van der Waals surface area contributed by atoms with Gasteiger partial charge in [-0.25, -0.2) is 4.79 Å². The molecule has 0 saturated heterocycles. The number of aryl methyl sites for hydroxylation is 2. The number of amides is 1. The van der Waals surface area contributed by atoms with Crippen LogP contribution in [0.3, 0.4) is 0 Å². The first-order valence-corrected chi connectivity index (χ1v) is 11.7. The van der Waals surface area contributed by atoms with E-state index in [1.54, 1.807) is 21.1 Å². The summed E-state index contributed by atoms with van der Waals surface area (Å²) in [6.45, 7) is 6.73. The number of nitrogens with one attached hydrogen (secondary N) is 1. The highest BCUT2D eigenvalue weighted by atomic mass is 16.5. The molecule has 1 aromatic heterocycles. The molecule has 0 radical (unpaired) electrons. The molecule has 186 valence electrons. The Balaban J connectivity index is 1.81. The van der Waals surface area contributed by atoms with Gasteiger partial charge in [0.1, 0.15) is 17.2 Å². The van der Waals surface area contributed by atoms with Crippen molar-refractivity contribution in [2.45, 2.75) is 46.7 Å². The number of ether oxygens (including phenoxy) is 3. The summed E-state index contributed by atoms with van der Waals surface area (Å²) in [5.41, 5.74) is 5.10. The van der Waals surface area contributed by atoms with Gasteiger partial charge in [-0.2, -0.15) is 0 Å². The van der Waals surface area contributed by atoms with E-state index in [2.05, 4.69) is 4.98 Å². The molecule has 0 atom stereocenters. The van der Waals surface area contributed by atoms with Crippen LogP contribution in [0.5, 0.6) is 11.5 Å². The Hall–Kier alpha value is -3.74. The van der Waals surface area contributed by atoms with Gasteiger partial charge in [-0.05, 0) is 73.7 Å². The Kier molecular flexibility index (Phi) is 8.95. The van der Waals surface area contributed by atoms with Crippen molar-refractivity contribution >= 4 is 11.9 Å². The molecular formula is C28H34N2O5. The molecule has 0 fully saturated rings. The van der Waals surface area contributed by atoms with Crippen LogP contribution >= 0.6 is 0 Å². The summed E-state index contributed by atoms with van der Waals surface area (Å²) in [5.74, 6) is 1.21. The maximum atomic E-state index is 13.4. The highest BCUT2D eigenvalue weighted by Gasteiger charge is 2.22. The summed E-state index contributed by atoms with van der Waals surface area (Å²) in [4.78, 5) is 30.7. The van der Waals surface area contributed by atoms with Gasteiger partial charge in [-0.15, -0.1) is 0 Å². The first-order chi connectivity index (χ1) is 16.9. The first-order valence-electron chi connectivity index (χ1n) is 11.7. The first kappa shape index (κ1) is 25.9. The van der Waals surface area contributed by atoms with Crippen LogP contribution < -0.4 is 9.47 Å². The smallest absolute Gasteiger partial charge is 0.355 e. The maximum absolute atomic E-state index is 13.4. The summed E-state index contributed by atoms with van der Waals surface area (Å²) < 4.78 is 15.7. The van der Waals surface area contributed by atoms with Crippen LogP contribution in [0.1, 0.15) is 51.8 Å². The number of rotatable bonds is 11. The molecule has 1 amide bonds. The second-order valence-corrected chi connectivity index (χ2v) is 8.39. The quantitative estimate of drug-likeness (QED) is 0.393. The molecule has 0 unspecified atom stereocenters. The standard InChI is InChI=1S/C28H34N2O5/c1-6-35-28(32)27-19(2)25(20(3)29-27)18-30(17-22-9-14-24(34-5)15-10-22)26(31)16-11-21-7-12-23(33-4)13-8-21/h7-10,12-15,29H,6,11,16-18H2,1-5H3. The van der Waals surface area contributed by atoms with Crippen LogP contribution in [0.15, 0.2) is 48.5 Å². The fourth-order valence-corrected chi connectivity index (χ4v) is 4.01. The highest BCUT2D eigenvalue weighted by molar-refractivity contribution is 5.90. The predicted octanol–water partition coefficient (Wildman–Crippen LogP) is 4.99. The minimum absolute atomic E-state index is 0.0364. The number of carbonyl (C=O) groups excluding carboxylic acids is 2. The van der Waals surface area contributed by atoms with E-state index in [4.69, 9.17) is 14.2 Å². The third kappa shape index (κ3) is 6.66. The lowest BCUT2D eigenvalue weighted by atomic mass is 10.1. The van der Waals surface area contributed by atoms with Gasteiger partial charge in [0.15, 0.2) is 0 Å². The molecule has 0 aliphatic carbocycles. The second kappa shape index (κ2) is 12.1. The van der Waals surface area contributed by atoms with Crippen molar-refractivity contribution < 1.29 is 23.8 Å². The van der Waals surface area contributed by atoms with E-state index < -0.39 is 0 Å². The Morgan fingerprint density at radius 3 is 1.97 bits per heavy atom. The number of hydrogen-bond acceptors (Lipinski definition) is 5. The SMILES string of the molecule is CCOC(=O)c1[nH]c(C)c(CN(Cc2ccc(OC)cc2)C(=O)CCc2ccc(OC)cc2)c1C. The fourth-order valence-electron chi connectivity index (χ4n) is 4.01. The molecule has 0 aliphatic rings. The van der Waals surface area contributed by atoms with Crippen molar-refractivity contribution in [3.8, 4) is 11.5 Å². The number of benzene rings is 2. The summed E-state index contributed by atoms with van der Waals surface area (Å²) in [7, 11) is 3.26. The number of aromatic amines is 1. The molecule has 0 saturated carbocycles. The number of methoxy groups -OCH3 is 2. The van der Waals surface area contributed by atoms with E-state index in [1.165, 1.54) is 0 Å². The van der Waals surface area contributed by atoms with Crippen molar-refractivity contribution in [1.29, 1.82) is 0 Å². The van der Waals surface area contributed by atoms with E-state index in [-0.39, 0.29) is 11.9 Å². The molecule has 3 aromatic rings. The largest absolute Gasteiger partial charge is 0.497 e. The van der Waals surface area contributed by atoms with Crippen LogP contribution in [0.25, 0.3) is 0 Å². The summed E-state index contributed by atoms with van der Waals surface area (Å²) in [6, 6.07) is 15.5. The summed E-state index contributed by atoms with van der Waals surface area (Å²) in [5, 5.41) is 0. The topological polar surface area (TPSA) is 80.9 Å². The normalized spacial score (nSPS) is 10.7. The van der Waals surface area contributed by atoms with Crippen molar-refractivity contribution in [3.63, 3.8) is 0 Å². The molecule has 2 aromatic carbocycles. The van der Waals surface area contributed by atoms with E-state index in [9.17, 15) is 9.59 Å². The van der Waals surface area contributed by atoms with E-state index in [0.717, 1.165) is 39.4 Å². The average Bonchev–Trinajstić information content (AvgIpc) is 3.16. The van der Waals surface area contributed by atoms with Gasteiger partial charge in [0, 0.05) is 25.2 Å². The number of aromatic nitrogens is 1. The van der Waals surface area contributed by atoms with Gasteiger partial charge in [-0.1, -0.05) is 24.3 Å². The predicted molar refractivity (Wildman–Crippen MR) is 135 cm³/mol. The summed E-state index contributed by atoms with van der Waals surface area (Å²) in [6.07, 6.45) is 0.997. The van der Waals surface area contributed by atoms with Gasteiger partial charge in [0.25, 0.3) is 0 Å². The molecule has 7 nitrogen and oxygen atoms in total. The molecule has 1 heterocycles. The minimum atomic E-state index is -0.383. The van der Waals surface area contributed by atoms with Crippen LogP contribution in [-0.2, 0) is 29.0 Å². The molecule has 1 N–H and O–H groups in total. The van der Waals surface area contributed by atoms with Crippen LogP contribution in [0.2, 0.25) is 0 Å². The molecule has 0 bridgehead atoms. The zero-order valence-corrected chi connectivity index (χ0v) is 21.1. The number of carbonyl (C=O) groups is 2. The lowest BCUT2D eigenvalue weighted by Gasteiger charge is -2.24. The molecule has 35 heavy (non-hydrogen) atoms. The van der Waals surface area contributed by atoms with Crippen molar-refractivity contribution in [1.82, 2.24) is 9.88 Å². The van der Waals surface area contributed by atoms with E-state index >= 15 is 0 Å². The van der Waals surface area contributed by atoms with Crippen LogP contribution in [0, 0.1) is 13.8 Å². The van der Waals surface area contributed by atoms with Gasteiger partial charge in [0.05, 0.1) is 20.8 Å². The average molecular weight is 479 g/mol. The zero-order chi connectivity index (χ0) is 25.4. The Labute approximate surface area is 207 Å². The second-order valence-electron chi connectivity index (χ2n) is 8.39. The fraction of sp³-hybridized carbons (Fsp3) is 0.357. The third-order valence-corrected chi connectivity index (χ3v) is 6.09. The van der Waals surface area contributed by atoms with Crippen molar-refractivity contribution in [2.24, 2.45) is 0 Å². The zero-order valence-electron chi connectivity index (χ0n) is 21.1. The van der Waals surface area contributed by atoms with E-state index in [1.807, 2.05) is 67.3 Å².